The average molecular weight is 256 g/mol. The molecule has 0 spiro atoms. The number of piperidine rings is 1. The minimum absolute atomic E-state index is 0.176. The van der Waals surface area contributed by atoms with E-state index in [1.807, 2.05) is 25.7 Å². The number of rotatable bonds is 3. The third kappa shape index (κ3) is 5.25. The van der Waals surface area contributed by atoms with Crippen molar-refractivity contribution in [3.63, 3.8) is 0 Å². The van der Waals surface area contributed by atoms with Crippen LogP contribution in [-0.4, -0.2) is 42.3 Å². The van der Waals surface area contributed by atoms with E-state index in [4.69, 9.17) is 4.74 Å². The van der Waals surface area contributed by atoms with Gasteiger partial charge in [-0.2, -0.15) is 0 Å². The Kier molecular flexibility index (Phi) is 5.45. The summed E-state index contributed by atoms with van der Waals surface area (Å²) in [6, 6.07) is 0.274. The Hall–Kier alpha value is -0.770. The number of ether oxygens (including phenoxy) is 1. The highest BCUT2D eigenvalue weighted by Gasteiger charge is 2.29. The summed E-state index contributed by atoms with van der Waals surface area (Å²) in [5.41, 5.74) is -0.422. The van der Waals surface area contributed by atoms with Crippen molar-refractivity contribution < 1.29 is 9.53 Å². The molecule has 1 amide bonds. The van der Waals surface area contributed by atoms with Gasteiger partial charge < -0.3 is 15.0 Å². The van der Waals surface area contributed by atoms with Gasteiger partial charge in [0.05, 0.1) is 0 Å². The van der Waals surface area contributed by atoms with Crippen LogP contribution in [0.4, 0.5) is 4.79 Å². The number of nitrogens with zero attached hydrogens (tertiary/aromatic N) is 1. The van der Waals surface area contributed by atoms with E-state index in [1.54, 1.807) is 0 Å². The maximum atomic E-state index is 12.3. The number of carbonyl (C=O) groups excluding carboxylic acids is 1. The molecule has 1 rings (SSSR count). The Labute approximate surface area is 111 Å². The van der Waals surface area contributed by atoms with E-state index in [-0.39, 0.29) is 12.1 Å². The van der Waals surface area contributed by atoms with Gasteiger partial charge in [-0.05, 0) is 46.1 Å². The van der Waals surface area contributed by atoms with Gasteiger partial charge in [0.2, 0.25) is 0 Å². The largest absolute Gasteiger partial charge is 0.444 e. The molecule has 1 fully saturated rings. The first-order valence-electron chi connectivity index (χ1n) is 7.00. The van der Waals surface area contributed by atoms with E-state index in [1.165, 1.54) is 0 Å². The smallest absolute Gasteiger partial charge is 0.410 e. The molecule has 1 heterocycles. The lowest BCUT2D eigenvalue weighted by Gasteiger charge is -2.36. The van der Waals surface area contributed by atoms with Crippen molar-refractivity contribution in [2.24, 2.45) is 5.92 Å². The molecule has 1 aliphatic heterocycles. The van der Waals surface area contributed by atoms with Crippen molar-refractivity contribution in [1.82, 2.24) is 10.2 Å². The zero-order chi connectivity index (χ0) is 13.8. The molecule has 4 nitrogen and oxygen atoms in total. The van der Waals surface area contributed by atoms with Gasteiger partial charge in [0.25, 0.3) is 0 Å². The van der Waals surface area contributed by atoms with Gasteiger partial charge in [-0.1, -0.05) is 13.8 Å². The molecule has 0 aliphatic carbocycles. The molecule has 0 saturated carbocycles. The summed E-state index contributed by atoms with van der Waals surface area (Å²) in [6.07, 6.45) is 2.02. The highest BCUT2D eigenvalue weighted by molar-refractivity contribution is 5.68. The van der Waals surface area contributed by atoms with Crippen LogP contribution in [0.15, 0.2) is 0 Å². The number of amides is 1. The first-order valence-corrected chi connectivity index (χ1v) is 7.00. The second-order valence-electron chi connectivity index (χ2n) is 6.53. The summed E-state index contributed by atoms with van der Waals surface area (Å²) < 4.78 is 5.51. The molecule has 1 saturated heterocycles. The minimum Gasteiger partial charge on any atom is -0.444 e. The van der Waals surface area contributed by atoms with Crippen LogP contribution < -0.4 is 5.32 Å². The van der Waals surface area contributed by atoms with Crippen LogP contribution in [0.5, 0.6) is 0 Å². The fourth-order valence-electron chi connectivity index (χ4n) is 2.19. The molecule has 106 valence electrons. The van der Waals surface area contributed by atoms with E-state index in [0.717, 1.165) is 32.5 Å². The molecular weight excluding hydrogens is 228 g/mol. The molecule has 1 N–H and O–H groups in total. The zero-order valence-corrected chi connectivity index (χ0v) is 12.5. The summed E-state index contributed by atoms with van der Waals surface area (Å²) >= 11 is 0. The van der Waals surface area contributed by atoms with Gasteiger partial charge in [0.15, 0.2) is 0 Å². The third-order valence-corrected chi connectivity index (χ3v) is 2.90. The summed E-state index contributed by atoms with van der Waals surface area (Å²) in [7, 11) is 0. The van der Waals surface area contributed by atoms with Crippen LogP contribution in [0.3, 0.4) is 0 Å². The Morgan fingerprint density at radius 3 is 2.56 bits per heavy atom. The topological polar surface area (TPSA) is 41.6 Å². The quantitative estimate of drug-likeness (QED) is 0.844. The van der Waals surface area contributed by atoms with Gasteiger partial charge >= 0.3 is 6.09 Å². The predicted molar refractivity (Wildman–Crippen MR) is 73.7 cm³/mol. The van der Waals surface area contributed by atoms with Crippen LogP contribution in [0.1, 0.15) is 47.5 Å². The molecule has 1 atom stereocenters. The molecule has 4 heteroatoms. The monoisotopic (exact) mass is 256 g/mol. The van der Waals surface area contributed by atoms with Gasteiger partial charge in [0, 0.05) is 19.1 Å². The fraction of sp³-hybridized carbons (Fsp3) is 0.929. The molecule has 1 unspecified atom stereocenters. The van der Waals surface area contributed by atoms with Crippen molar-refractivity contribution in [1.29, 1.82) is 0 Å². The van der Waals surface area contributed by atoms with Crippen molar-refractivity contribution >= 4 is 6.09 Å². The SMILES string of the molecule is CC(C)CN(C(=O)OC(C)(C)C)C1CCCNC1. The summed E-state index contributed by atoms with van der Waals surface area (Å²) in [6.45, 7) is 12.7. The lowest BCUT2D eigenvalue weighted by Crippen LogP contribution is -2.51. The Bertz CT molecular complexity index is 265. The van der Waals surface area contributed by atoms with Gasteiger partial charge in [0.1, 0.15) is 5.60 Å². The predicted octanol–water partition coefficient (Wildman–Crippen LogP) is 2.63. The summed E-state index contributed by atoms with van der Waals surface area (Å²) in [5.74, 6) is 0.458. The van der Waals surface area contributed by atoms with Crippen molar-refractivity contribution in [2.45, 2.75) is 59.1 Å². The summed E-state index contributed by atoms with van der Waals surface area (Å²) in [4.78, 5) is 14.2. The minimum atomic E-state index is -0.422. The van der Waals surface area contributed by atoms with Crippen LogP contribution in [0.25, 0.3) is 0 Å². The highest BCUT2D eigenvalue weighted by Crippen LogP contribution is 2.17. The third-order valence-electron chi connectivity index (χ3n) is 2.90. The van der Waals surface area contributed by atoms with Crippen molar-refractivity contribution in [2.75, 3.05) is 19.6 Å². The maximum Gasteiger partial charge on any atom is 0.410 e. The van der Waals surface area contributed by atoms with E-state index in [0.29, 0.717) is 5.92 Å². The molecule has 0 radical (unpaired) electrons. The molecular formula is C14H28N2O2. The summed E-state index contributed by atoms with van der Waals surface area (Å²) in [5, 5.41) is 3.36. The van der Waals surface area contributed by atoms with E-state index < -0.39 is 5.60 Å². The molecule has 0 aromatic carbocycles. The lowest BCUT2D eigenvalue weighted by molar-refractivity contribution is 0.0108. The molecule has 18 heavy (non-hydrogen) atoms. The zero-order valence-electron chi connectivity index (χ0n) is 12.5. The number of hydrogen-bond acceptors (Lipinski definition) is 3. The second-order valence-corrected chi connectivity index (χ2v) is 6.53. The van der Waals surface area contributed by atoms with Gasteiger partial charge in [-0.3, -0.25) is 0 Å². The molecule has 0 bridgehead atoms. The van der Waals surface area contributed by atoms with Crippen LogP contribution in [0, 0.1) is 5.92 Å². The normalized spacial score (nSPS) is 20.9. The Balaban J connectivity index is 2.67. The lowest BCUT2D eigenvalue weighted by atomic mass is 10.0. The molecule has 0 aromatic rings. The molecule has 0 aromatic heterocycles. The van der Waals surface area contributed by atoms with Crippen LogP contribution in [-0.2, 0) is 4.74 Å². The Morgan fingerprint density at radius 2 is 2.11 bits per heavy atom. The van der Waals surface area contributed by atoms with Crippen LogP contribution in [0.2, 0.25) is 0 Å². The van der Waals surface area contributed by atoms with Crippen LogP contribution >= 0.6 is 0 Å². The van der Waals surface area contributed by atoms with E-state index >= 15 is 0 Å². The standard InChI is InChI=1S/C14H28N2O2/c1-11(2)10-16(12-7-6-8-15-9-12)13(17)18-14(3,4)5/h11-12,15H,6-10H2,1-5H3. The average Bonchev–Trinajstić information content (AvgIpc) is 2.24. The van der Waals surface area contributed by atoms with E-state index in [9.17, 15) is 4.79 Å². The first-order chi connectivity index (χ1) is 8.29. The second kappa shape index (κ2) is 6.41. The first kappa shape index (κ1) is 15.3. The fourth-order valence-corrected chi connectivity index (χ4v) is 2.19. The maximum absolute atomic E-state index is 12.3. The number of nitrogens with one attached hydrogen (secondary N) is 1. The Morgan fingerprint density at radius 1 is 1.44 bits per heavy atom. The van der Waals surface area contributed by atoms with Gasteiger partial charge in [-0.25, -0.2) is 4.79 Å². The van der Waals surface area contributed by atoms with Crippen molar-refractivity contribution in [3.05, 3.63) is 0 Å². The number of hydrogen-bond donors (Lipinski definition) is 1. The van der Waals surface area contributed by atoms with E-state index in [2.05, 4.69) is 19.2 Å². The molecule has 1 aliphatic rings. The van der Waals surface area contributed by atoms with Crippen molar-refractivity contribution in [3.8, 4) is 0 Å². The van der Waals surface area contributed by atoms with Gasteiger partial charge in [-0.15, -0.1) is 0 Å². The highest BCUT2D eigenvalue weighted by atomic mass is 16.6. The number of carbonyl (C=O) groups is 1.